The maximum Gasteiger partial charge on any atom is 0.315 e. The van der Waals surface area contributed by atoms with Crippen LogP contribution in [0.4, 0.5) is 5.82 Å². The lowest BCUT2D eigenvalue weighted by Crippen LogP contribution is -2.38. The number of nitrogens with one attached hydrogen (secondary N) is 1. The van der Waals surface area contributed by atoms with Gasteiger partial charge in [-0.15, -0.1) is 5.10 Å². The highest BCUT2D eigenvalue weighted by molar-refractivity contribution is 5.81. The Hall–Kier alpha value is -3.75. The molecule has 8 nitrogen and oxygen atoms in total. The van der Waals surface area contributed by atoms with Crippen LogP contribution in [-0.2, 0) is 14.9 Å². The Bertz CT molecular complexity index is 1410. The first kappa shape index (κ1) is 29.7. The highest BCUT2D eigenvalue weighted by Crippen LogP contribution is 2.32. The van der Waals surface area contributed by atoms with Crippen molar-refractivity contribution in [3.8, 4) is 0 Å². The minimum Gasteiger partial charge on any atom is -0.481 e. The average molecular weight is 570 g/mol. The number of nitrogens with zero attached hydrogens (tertiary/aromatic N) is 4. The maximum absolute atomic E-state index is 12.1. The number of carbonyl (C=O) groups is 1. The van der Waals surface area contributed by atoms with Crippen LogP contribution in [0.1, 0.15) is 74.6 Å². The summed E-state index contributed by atoms with van der Waals surface area (Å²) in [5.41, 5.74) is 3.41. The molecule has 1 atom stereocenters. The minimum absolute atomic E-state index is 0.0438. The molecule has 8 heteroatoms. The number of hydrogen-bond donors (Lipinski definition) is 2. The van der Waals surface area contributed by atoms with Crippen molar-refractivity contribution >= 4 is 17.4 Å². The van der Waals surface area contributed by atoms with Crippen LogP contribution >= 0.6 is 0 Å². The van der Waals surface area contributed by atoms with Crippen molar-refractivity contribution in [3.05, 3.63) is 95.3 Å². The zero-order valence-corrected chi connectivity index (χ0v) is 25.0. The summed E-state index contributed by atoms with van der Waals surface area (Å²) in [6.45, 7) is 9.54. The van der Waals surface area contributed by atoms with Crippen LogP contribution in [0.25, 0.3) is 5.65 Å². The summed E-state index contributed by atoms with van der Waals surface area (Å²) in [6, 6.07) is 24.8. The Morgan fingerprint density at radius 2 is 1.69 bits per heavy atom. The molecule has 5 rings (SSSR count). The van der Waals surface area contributed by atoms with Gasteiger partial charge in [-0.2, -0.15) is 0 Å². The molecular formula is C34H43N5O3. The maximum atomic E-state index is 12.1. The molecule has 0 spiro atoms. The van der Waals surface area contributed by atoms with E-state index in [2.05, 4.69) is 63.7 Å². The van der Waals surface area contributed by atoms with E-state index >= 15 is 0 Å². The fourth-order valence-electron chi connectivity index (χ4n) is 6.07. The van der Waals surface area contributed by atoms with Gasteiger partial charge < -0.3 is 20.1 Å². The molecule has 42 heavy (non-hydrogen) atoms. The number of aryl methyl sites for hydroxylation is 1. The van der Waals surface area contributed by atoms with Gasteiger partial charge in [0.25, 0.3) is 0 Å². The summed E-state index contributed by atoms with van der Waals surface area (Å²) in [6.07, 6.45) is 4.55. The number of likely N-dealkylation sites (tertiary alicyclic amines) is 1. The molecule has 0 aliphatic carbocycles. The van der Waals surface area contributed by atoms with Crippen LogP contribution < -0.4 is 5.32 Å². The van der Waals surface area contributed by atoms with Crippen molar-refractivity contribution in [2.45, 2.75) is 70.5 Å². The number of fused-ring (bicyclic) bond motifs is 1. The van der Waals surface area contributed by atoms with Gasteiger partial charge in [0.05, 0.1) is 17.5 Å². The summed E-state index contributed by atoms with van der Waals surface area (Å²) in [5, 5.41) is 18.1. The van der Waals surface area contributed by atoms with Crippen molar-refractivity contribution in [1.82, 2.24) is 19.5 Å². The average Bonchev–Trinajstić information content (AvgIpc) is 3.35. The zero-order valence-electron chi connectivity index (χ0n) is 25.0. The molecule has 0 amide bonds. The molecule has 2 aromatic heterocycles. The molecule has 3 heterocycles. The smallest absolute Gasteiger partial charge is 0.315 e. The Morgan fingerprint density at radius 1 is 1.05 bits per heavy atom. The van der Waals surface area contributed by atoms with Gasteiger partial charge in [-0.05, 0) is 69.3 Å². The lowest BCUT2D eigenvalue weighted by Gasteiger charge is -2.34. The summed E-state index contributed by atoms with van der Waals surface area (Å²) in [5.74, 6) is -0.0842. The first-order valence-electron chi connectivity index (χ1n) is 15.2. The van der Waals surface area contributed by atoms with Crippen LogP contribution in [0.5, 0.6) is 0 Å². The van der Waals surface area contributed by atoms with Gasteiger partial charge in [-0.1, -0.05) is 74.0 Å². The van der Waals surface area contributed by atoms with E-state index in [0.29, 0.717) is 17.8 Å². The predicted molar refractivity (Wildman–Crippen MR) is 166 cm³/mol. The first-order valence-corrected chi connectivity index (χ1v) is 15.2. The topological polar surface area (TPSA) is 92.0 Å². The monoisotopic (exact) mass is 569 g/mol. The molecule has 1 aliphatic rings. The van der Waals surface area contributed by atoms with Crippen molar-refractivity contribution < 1.29 is 14.6 Å². The Kier molecular flexibility index (Phi) is 9.55. The lowest BCUT2D eigenvalue weighted by molar-refractivity contribution is -0.143. The number of aromatic nitrogens is 3. The van der Waals surface area contributed by atoms with Crippen LogP contribution in [-0.4, -0.2) is 62.9 Å². The van der Waals surface area contributed by atoms with E-state index < -0.39 is 11.4 Å². The second-order valence-corrected chi connectivity index (χ2v) is 11.6. The summed E-state index contributed by atoms with van der Waals surface area (Å²) in [4.78, 5) is 19.3. The molecule has 0 bridgehead atoms. The number of imidazole rings is 1. The highest BCUT2D eigenvalue weighted by atomic mass is 16.5. The van der Waals surface area contributed by atoms with Gasteiger partial charge in [0.1, 0.15) is 17.3 Å². The lowest BCUT2D eigenvalue weighted by atomic mass is 9.81. The molecule has 1 saturated heterocycles. The number of rotatable bonds is 13. The summed E-state index contributed by atoms with van der Waals surface area (Å²) < 4.78 is 8.46. The molecule has 1 unspecified atom stereocenters. The molecule has 2 aromatic carbocycles. The highest BCUT2D eigenvalue weighted by Gasteiger charge is 2.38. The fourth-order valence-corrected chi connectivity index (χ4v) is 6.07. The number of anilines is 1. The number of carboxylic acid groups (broad SMARTS) is 1. The van der Waals surface area contributed by atoms with E-state index in [9.17, 15) is 9.90 Å². The van der Waals surface area contributed by atoms with Gasteiger partial charge in [-0.3, -0.25) is 4.79 Å². The van der Waals surface area contributed by atoms with Gasteiger partial charge >= 0.3 is 5.97 Å². The van der Waals surface area contributed by atoms with Crippen LogP contribution in [0.2, 0.25) is 0 Å². The Balaban J connectivity index is 1.11. The third-order valence-corrected chi connectivity index (χ3v) is 8.47. The van der Waals surface area contributed by atoms with E-state index in [1.807, 2.05) is 38.1 Å². The van der Waals surface area contributed by atoms with Gasteiger partial charge in [0.15, 0.2) is 5.65 Å². The van der Waals surface area contributed by atoms with Gasteiger partial charge in [0.2, 0.25) is 0 Å². The number of hydrogen-bond acceptors (Lipinski definition) is 6. The van der Waals surface area contributed by atoms with Crippen LogP contribution in [0.3, 0.4) is 0 Å². The number of piperidine rings is 1. The van der Waals surface area contributed by atoms with Gasteiger partial charge in [0, 0.05) is 19.6 Å². The summed E-state index contributed by atoms with van der Waals surface area (Å²) >= 11 is 0. The Labute approximate surface area is 248 Å². The van der Waals surface area contributed by atoms with Crippen molar-refractivity contribution in [1.29, 1.82) is 0 Å². The van der Waals surface area contributed by atoms with Crippen molar-refractivity contribution in [2.75, 3.05) is 31.5 Å². The normalized spacial score (nSPS) is 16.1. The number of benzene rings is 2. The van der Waals surface area contributed by atoms with E-state index in [1.165, 1.54) is 11.1 Å². The molecule has 1 aliphatic heterocycles. The molecule has 2 N–H and O–H groups in total. The van der Waals surface area contributed by atoms with Gasteiger partial charge in [-0.25, -0.2) is 9.50 Å². The molecule has 0 radical (unpaired) electrons. The molecule has 4 aromatic rings. The quantitative estimate of drug-likeness (QED) is 0.184. The van der Waals surface area contributed by atoms with E-state index in [1.54, 1.807) is 11.4 Å². The summed E-state index contributed by atoms with van der Waals surface area (Å²) in [7, 11) is 0. The molecule has 222 valence electrons. The van der Waals surface area contributed by atoms with Crippen LogP contribution in [0.15, 0.2) is 72.8 Å². The second kappa shape index (κ2) is 13.5. The molecule has 1 fully saturated rings. The third kappa shape index (κ3) is 6.66. The molecular weight excluding hydrogens is 526 g/mol. The van der Waals surface area contributed by atoms with E-state index in [4.69, 9.17) is 9.84 Å². The molecule has 0 saturated carbocycles. The standard InChI is InChI=1S/C34H43N5O3/c1-4-20-34(3,33(40)41)32-25(2)39-30(36-32)17-16-29(37-39)35-21-11-22-38-23-18-28(19-24-38)42-31(26-12-7-5-8-13-26)27-14-9-6-10-15-27/h5-10,12-17,28,31H,4,11,18-24H2,1-3H3,(H,35,37)(H,40,41). The van der Waals surface area contributed by atoms with Crippen LogP contribution in [0, 0.1) is 6.92 Å². The fraction of sp³-hybridized carbons (Fsp3) is 0.441. The SMILES string of the molecule is CCCC(C)(C(=O)O)c1nc2ccc(NCCCN3CCC(OC(c4ccccc4)c4ccccc4)CC3)nn2c1C. The second-order valence-electron chi connectivity index (χ2n) is 11.6. The zero-order chi connectivity index (χ0) is 29.5. The largest absolute Gasteiger partial charge is 0.481 e. The van der Waals surface area contributed by atoms with Crippen molar-refractivity contribution in [3.63, 3.8) is 0 Å². The minimum atomic E-state index is -1.03. The Morgan fingerprint density at radius 3 is 2.29 bits per heavy atom. The number of ether oxygens (including phenoxy) is 1. The predicted octanol–water partition coefficient (Wildman–Crippen LogP) is 6.25. The number of carboxylic acids is 1. The van der Waals surface area contributed by atoms with E-state index in [0.717, 1.165) is 63.4 Å². The third-order valence-electron chi connectivity index (χ3n) is 8.47. The van der Waals surface area contributed by atoms with E-state index in [-0.39, 0.29) is 12.2 Å². The number of aliphatic carboxylic acids is 1. The first-order chi connectivity index (χ1) is 20.4. The van der Waals surface area contributed by atoms with Crippen molar-refractivity contribution in [2.24, 2.45) is 0 Å².